The number of benzene rings is 1. The van der Waals surface area contributed by atoms with Gasteiger partial charge in [0.15, 0.2) is 0 Å². The van der Waals surface area contributed by atoms with E-state index in [9.17, 15) is 17.8 Å². The predicted octanol–water partition coefficient (Wildman–Crippen LogP) is 4.43. The van der Waals surface area contributed by atoms with E-state index in [-0.39, 0.29) is 47.9 Å². The molecule has 38 heavy (non-hydrogen) atoms. The molecule has 1 aliphatic rings. The number of anilines is 2. The summed E-state index contributed by atoms with van der Waals surface area (Å²) in [5.74, 6) is -0.945. The van der Waals surface area contributed by atoms with Crippen LogP contribution in [-0.2, 0) is 20.3 Å². The predicted molar refractivity (Wildman–Crippen MR) is 141 cm³/mol. The third kappa shape index (κ3) is 6.81. The van der Waals surface area contributed by atoms with Crippen LogP contribution in [-0.4, -0.2) is 45.6 Å². The molecule has 2 aromatic heterocycles. The van der Waals surface area contributed by atoms with Gasteiger partial charge in [0.25, 0.3) is 5.91 Å². The number of hydrogen-bond acceptors (Lipinski definition) is 8. The van der Waals surface area contributed by atoms with Crippen molar-refractivity contribution < 1.29 is 27.3 Å². The molecule has 3 N–H and O–H groups in total. The van der Waals surface area contributed by atoms with Crippen molar-refractivity contribution >= 4 is 27.3 Å². The number of hydrogen-bond donors (Lipinski definition) is 2. The summed E-state index contributed by atoms with van der Waals surface area (Å²) in [6.45, 7) is 3.97. The summed E-state index contributed by atoms with van der Waals surface area (Å²) in [5.41, 5.74) is 6.95. The minimum absolute atomic E-state index is 0.0543. The Bertz CT molecular complexity index is 1470. The minimum atomic E-state index is -2.97. The lowest BCUT2D eigenvalue weighted by Gasteiger charge is -2.16. The zero-order valence-corrected chi connectivity index (χ0v) is 22.1. The summed E-state index contributed by atoms with van der Waals surface area (Å²) in [6, 6.07) is 7.73. The van der Waals surface area contributed by atoms with Crippen molar-refractivity contribution in [3.8, 4) is 22.8 Å². The fourth-order valence-corrected chi connectivity index (χ4v) is 5.11. The number of ether oxygens (including phenoxy) is 2. The van der Waals surface area contributed by atoms with Crippen molar-refractivity contribution in [1.29, 1.82) is 0 Å². The first kappa shape index (κ1) is 27.4. The molecule has 1 amide bonds. The van der Waals surface area contributed by atoms with Crippen molar-refractivity contribution in [2.75, 3.05) is 24.8 Å². The van der Waals surface area contributed by atoms with Crippen LogP contribution in [0.4, 0.5) is 20.4 Å². The number of amides is 1. The van der Waals surface area contributed by atoms with E-state index in [1.165, 1.54) is 30.5 Å². The van der Waals surface area contributed by atoms with Gasteiger partial charge in [0.1, 0.15) is 29.0 Å². The van der Waals surface area contributed by atoms with Crippen LogP contribution in [0.3, 0.4) is 0 Å². The van der Waals surface area contributed by atoms with E-state index in [0.717, 1.165) is 6.20 Å². The normalized spacial score (nSPS) is 15.6. The quantitative estimate of drug-likeness (QED) is 0.493. The molecule has 1 aromatic carbocycles. The van der Waals surface area contributed by atoms with Gasteiger partial charge < -0.3 is 20.5 Å². The number of nitrogens with one attached hydrogen (secondary N) is 1. The first-order valence-corrected chi connectivity index (χ1v) is 14.1. The molecule has 202 valence electrons. The zero-order chi connectivity index (χ0) is 27.4. The molecule has 1 aliphatic heterocycles. The Kier molecular flexibility index (Phi) is 8.22. The van der Waals surface area contributed by atoms with Crippen LogP contribution in [0.15, 0.2) is 47.0 Å². The molecule has 3 heterocycles. The highest BCUT2D eigenvalue weighted by Gasteiger charge is 2.20. The molecule has 0 saturated carbocycles. The van der Waals surface area contributed by atoms with Crippen molar-refractivity contribution in [2.24, 2.45) is 16.0 Å². The lowest BCUT2D eigenvalue weighted by atomic mass is 10.0. The summed E-state index contributed by atoms with van der Waals surface area (Å²) in [7, 11) is -2.97. The van der Waals surface area contributed by atoms with Crippen molar-refractivity contribution in [3.63, 3.8) is 0 Å². The van der Waals surface area contributed by atoms with Gasteiger partial charge in [0.2, 0.25) is 5.88 Å². The largest absolute Gasteiger partial charge is 0.493 e. The molecule has 0 aliphatic carbocycles. The van der Waals surface area contributed by atoms with Gasteiger partial charge in [0, 0.05) is 35.9 Å². The molecule has 2 atom stereocenters. The maximum Gasteiger partial charge on any atom is 0.270 e. The summed E-state index contributed by atoms with van der Waals surface area (Å²) in [5, 5.41) is 3.01. The third-order valence-corrected chi connectivity index (χ3v) is 7.16. The van der Waals surface area contributed by atoms with Crippen LogP contribution in [0.5, 0.6) is 11.6 Å². The Morgan fingerprint density at radius 1 is 1.13 bits per heavy atom. The first-order chi connectivity index (χ1) is 18.0. The van der Waals surface area contributed by atoms with E-state index in [0.29, 0.717) is 23.4 Å². The number of rotatable bonds is 4. The summed E-state index contributed by atoms with van der Waals surface area (Å²) >= 11 is 0. The van der Waals surface area contributed by atoms with Gasteiger partial charge in [-0.1, -0.05) is 13.8 Å². The second-order valence-corrected chi connectivity index (χ2v) is 11.8. The van der Waals surface area contributed by atoms with Crippen LogP contribution < -0.4 is 20.5 Å². The maximum atomic E-state index is 14.8. The summed E-state index contributed by atoms with van der Waals surface area (Å²) in [6.07, 6.45) is 2.86. The molecule has 0 radical (unpaired) electrons. The lowest BCUT2D eigenvalue weighted by molar-refractivity contribution is -0.119. The van der Waals surface area contributed by atoms with Gasteiger partial charge in [0.05, 0.1) is 40.9 Å². The zero-order valence-electron chi connectivity index (χ0n) is 21.2. The molecule has 4 rings (SSSR count). The molecule has 0 fully saturated rings. The topological polar surface area (TPSA) is 129 Å². The van der Waals surface area contributed by atoms with Crippen LogP contribution in [0.2, 0.25) is 0 Å². The SMILES string of the molecule is CC(C)[C@H](N)C(=O)N=[S@](C)(=O)Cc1cc2nc(c1)OCCCOc1cc(F)ccc1-c1cc(ncc1F)N2. The van der Waals surface area contributed by atoms with E-state index in [2.05, 4.69) is 19.6 Å². The van der Waals surface area contributed by atoms with Crippen molar-refractivity contribution in [3.05, 3.63) is 59.8 Å². The third-order valence-electron chi connectivity index (χ3n) is 5.72. The molecular weight excluding hydrogens is 516 g/mol. The number of halogens is 2. The highest BCUT2D eigenvalue weighted by atomic mass is 32.2. The average Bonchev–Trinajstić information content (AvgIpc) is 2.83. The number of fused-ring (bicyclic) bond motifs is 6. The van der Waals surface area contributed by atoms with Crippen LogP contribution in [0.1, 0.15) is 25.8 Å². The number of carbonyl (C=O) groups excluding carboxylic acids is 1. The number of pyridine rings is 2. The minimum Gasteiger partial charge on any atom is -0.493 e. The second kappa shape index (κ2) is 11.4. The Morgan fingerprint density at radius 2 is 1.89 bits per heavy atom. The maximum absolute atomic E-state index is 14.8. The molecule has 0 unspecified atom stereocenters. The van der Waals surface area contributed by atoms with Gasteiger partial charge in [-0.05, 0) is 35.7 Å². The number of aromatic nitrogens is 2. The van der Waals surface area contributed by atoms with Crippen molar-refractivity contribution in [2.45, 2.75) is 32.1 Å². The monoisotopic (exact) mass is 545 g/mol. The van der Waals surface area contributed by atoms with Crippen LogP contribution in [0, 0.1) is 17.6 Å². The van der Waals surface area contributed by atoms with Gasteiger partial charge in [-0.15, -0.1) is 0 Å². The van der Waals surface area contributed by atoms with Crippen LogP contribution >= 0.6 is 0 Å². The van der Waals surface area contributed by atoms with Crippen LogP contribution in [0.25, 0.3) is 11.1 Å². The fraction of sp³-hybridized carbons (Fsp3) is 0.346. The standard InChI is InChI=1S/C26H29F2N5O4S/c1-15(2)25(29)26(34)33-38(3,35)14-16-9-23-31-22-12-19(20(28)13-30-22)18-6-5-17(27)11-21(18)36-7-4-8-37-24(10-16)32-23/h5-6,9-13,15,25H,4,7-8,14,29H2,1-3H3,(H,30,31,32)/t25-,38+/m0/s1. The summed E-state index contributed by atoms with van der Waals surface area (Å²) in [4.78, 5) is 20.9. The Balaban J connectivity index is 1.71. The number of nitrogens with zero attached hydrogens (tertiary/aromatic N) is 3. The fourth-order valence-electron chi connectivity index (χ4n) is 3.76. The molecule has 3 aromatic rings. The highest BCUT2D eigenvalue weighted by Crippen LogP contribution is 2.34. The molecular formula is C26H29F2N5O4S. The Hall–Kier alpha value is -3.64. The molecule has 9 nitrogen and oxygen atoms in total. The Morgan fingerprint density at radius 3 is 2.66 bits per heavy atom. The second-order valence-electron chi connectivity index (χ2n) is 9.37. The van der Waals surface area contributed by atoms with Gasteiger partial charge in [-0.3, -0.25) is 4.79 Å². The highest BCUT2D eigenvalue weighted by molar-refractivity contribution is 7.92. The Labute approximate surface area is 220 Å². The molecule has 0 saturated heterocycles. The first-order valence-electron chi connectivity index (χ1n) is 12.0. The van der Waals surface area contributed by atoms with Gasteiger partial charge >= 0.3 is 0 Å². The smallest absolute Gasteiger partial charge is 0.270 e. The van der Waals surface area contributed by atoms with Gasteiger partial charge in [-0.25, -0.2) is 18.0 Å². The van der Waals surface area contributed by atoms with E-state index < -0.39 is 33.3 Å². The average molecular weight is 546 g/mol. The molecule has 4 bridgehead atoms. The van der Waals surface area contributed by atoms with E-state index in [1.807, 2.05) is 0 Å². The van der Waals surface area contributed by atoms with Gasteiger partial charge in [-0.2, -0.15) is 9.35 Å². The molecule has 12 heteroatoms. The number of nitrogens with two attached hydrogens (primary N) is 1. The number of carbonyl (C=O) groups is 1. The van der Waals surface area contributed by atoms with E-state index in [1.54, 1.807) is 26.0 Å². The lowest BCUT2D eigenvalue weighted by Crippen LogP contribution is -2.34. The molecule has 0 spiro atoms. The van der Waals surface area contributed by atoms with Crippen molar-refractivity contribution in [1.82, 2.24) is 9.97 Å². The summed E-state index contributed by atoms with van der Waals surface area (Å²) < 4.78 is 57.3. The van der Waals surface area contributed by atoms with E-state index >= 15 is 0 Å². The van der Waals surface area contributed by atoms with E-state index in [4.69, 9.17) is 15.2 Å².